The SMILES string of the molecule is CCOc1cc(F)cc(C(C)c2ccc(Sc3ccccc3NC)cc2)c1. The van der Waals surface area contributed by atoms with Crippen molar-refractivity contribution in [3.05, 3.63) is 83.7 Å². The Labute approximate surface area is 164 Å². The molecule has 0 spiro atoms. The summed E-state index contributed by atoms with van der Waals surface area (Å²) in [6.45, 7) is 4.51. The highest BCUT2D eigenvalue weighted by atomic mass is 32.2. The zero-order valence-electron chi connectivity index (χ0n) is 15.8. The van der Waals surface area contributed by atoms with Gasteiger partial charge >= 0.3 is 0 Å². The van der Waals surface area contributed by atoms with E-state index in [1.807, 2.05) is 32.2 Å². The molecule has 1 atom stereocenters. The van der Waals surface area contributed by atoms with Crippen molar-refractivity contribution >= 4 is 17.4 Å². The van der Waals surface area contributed by atoms with Crippen LogP contribution in [-0.2, 0) is 0 Å². The van der Waals surface area contributed by atoms with E-state index < -0.39 is 0 Å². The van der Waals surface area contributed by atoms with Crippen LogP contribution in [0.4, 0.5) is 10.1 Å². The molecule has 3 aromatic carbocycles. The zero-order valence-corrected chi connectivity index (χ0v) is 16.6. The molecular formula is C23H24FNOS. The second kappa shape index (κ2) is 8.96. The van der Waals surface area contributed by atoms with Crippen molar-refractivity contribution in [3.63, 3.8) is 0 Å². The van der Waals surface area contributed by atoms with E-state index in [-0.39, 0.29) is 11.7 Å². The van der Waals surface area contributed by atoms with E-state index in [1.165, 1.54) is 15.9 Å². The predicted molar refractivity (Wildman–Crippen MR) is 112 cm³/mol. The third-order valence-electron chi connectivity index (χ3n) is 4.47. The first kappa shape index (κ1) is 19.3. The summed E-state index contributed by atoms with van der Waals surface area (Å²) in [7, 11) is 1.93. The quantitative estimate of drug-likeness (QED) is 0.500. The average molecular weight is 382 g/mol. The number of para-hydroxylation sites is 1. The second-order valence-corrected chi connectivity index (χ2v) is 7.41. The van der Waals surface area contributed by atoms with E-state index in [2.05, 4.69) is 48.6 Å². The Bertz CT molecular complexity index is 895. The van der Waals surface area contributed by atoms with Crippen molar-refractivity contribution in [2.45, 2.75) is 29.6 Å². The number of halogens is 1. The number of nitrogens with one attached hydrogen (secondary N) is 1. The van der Waals surface area contributed by atoms with Crippen molar-refractivity contribution in [3.8, 4) is 5.75 Å². The van der Waals surface area contributed by atoms with Crippen molar-refractivity contribution < 1.29 is 9.13 Å². The summed E-state index contributed by atoms with van der Waals surface area (Å²) in [4.78, 5) is 2.36. The van der Waals surface area contributed by atoms with Gasteiger partial charge in [0, 0.05) is 34.5 Å². The summed E-state index contributed by atoms with van der Waals surface area (Å²) in [6, 6.07) is 21.6. The van der Waals surface area contributed by atoms with Crippen LogP contribution in [-0.4, -0.2) is 13.7 Å². The molecule has 3 aromatic rings. The van der Waals surface area contributed by atoms with Gasteiger partial charge in [-0.05, 0) is 54.4 Å². The molecule has 0 aliphatic carbocycles. The number of hydrogen-bond donors (Lipinski definition) is 1. The Hall–Kier alpha value is -2.46. The van der Waals surface area contributed by atoms with Crippen LogP contribution in [0.5, 0.6) is 5.75 Å². The molecule has 4 heteroatoms. The van der Waals surface area contributed by atoms with Crippen molar-refractivity contribution in [2.75, 3.05) is 19.0 Å². The largest absolute Gasteiger partial charge is 0.494 e. The maximum atomic E-state index is 13.9. The fraction of sp³-hybridized carbons (Fsp3) is 0.217. The van der Waals surface area contributed by atoms with Crippen LogP contribution in [0.15, 0.2) is 76.5 Å². The molecule has 0 heterocycles. The maximum absolute atomic E-state index is 13.9. The summed E-state index contributed by atoms with van der Waals surface area (Å²) in [6.07, 6.45) is 0. The number of benzene rings is 3. The Morgan fingerprint density at radius 2 is 1.74 bits per heavy atom. The van der Waals surface area contributed by atoms with Crippen molar-refractivity contribution in [1.29, 1.82) is 0 Å². The Morgan fingerprint density at radius 3 is 2.44 bits per heavy atom. The first-order valence-corrected chi connectivity index (χ1v) is 9.90. The zero-order chi connectivity index (χ0) is 19.2. The molecule has 3 rings (SSSR count). The van der Waals surface area contributed by atoms with Gasteiger partial charge in [0.15, 0.2) is 0 Å². The Morgan fingerprint density at radius 1 is 1.00 bits per heavy atom. The highest BCUT2D eigenvalue weighted by Gasteiger charge is 2.12. The van der Waals surface area contributed by atoms with Crippen LogP contribution >= 0.6 is 11.8 Å². The minimum atomic E-state index is -0.265. The monoisotopic (exact) mass is 381 g/mol. The van der Waals surface area contributed by atoms with Gasteiger partial charge in [0.1, 0.15) is 11.6 Å². The summed E-state index contributed by atoms with van der Waals surface area (Å²) in [5, 5.41) is 3.22. The van der Waals surface area contributed by atoms with Crippen LogP contribution in [0, 0.1) is 5.82 Å². The molecule has 0 amide bonds. The summed E-state index contributed by atoms with van der Waals surface area (Å²) < 4.78 is 19.4. The second-order valence-electron chi connectivity index (χ2n) is 6.29. The molecule has 0 saturated heterocycles. The lowest BCUT2D eigenvalue weighted by Crippen LogP contribution is -1.99. The smallest absolute Gasteiger partial charge is 0.127 e. The summed E-state index contributed by atoms with van der Waals surface area (Å²) >= 11 is 1.72. The lowest BCUT2D eigenvalue weighted by molar-refractivity contribution is 0.337. The standard InChI is InChI=1S/C23H24FNOS/c1-4-26-20-14-18(13-19(24)15-20)16(2)17-9-11-21(12-10-17)27-23-8-6-5-7-22(23)25-3/h5-16,25H,4H2,1-3H3. The van der Waals surface area contributed by atoms with Gasteiger partial charge in [0.05, 0.1) is 6.61 Å². The molecule has 0 fully saturated rings. The molecule has 0 radical (unpaired) electrons. The summed E-state index contributed by atoms with van der Waals surface area (Å²) in [5.41, 5.74) is 3.18. The first-order valence-electron chi connectivity index (χ1n) is 9.08. The van der Waals surface area contributed by atoms with Crippen molar-refractivity contribution in [2.24, 2.45) is 0 Å². The van der Waals surface area contributed by atoms with E-state index in [0.29, 0.717) is 12.4 Å². The normalized spacial score (nSPS) is 11.9. The van der Waals surface area contributed by atoms with Crippen molar-refractivity contribution in [1.82, 2.24) is 0 Å². The fourth-order valence-corrected chi connectivity index (χ4v) is 3.94. The van der Waals surface area contributed by atoms with Gasteiger partial charge in [-0.25, -0.2) is 4.39 Å². The molecule has 0 saturated carbocycles. The minimum Gasteiger partial charge on any atom is -0.494 e. The van der Waals surface area contributed by atoms with Gasteiger partial charge in [-0.15, -0.1) is 0 Å². The van der Waals surface area contributed by atoms with E-state index in [4.69, 9.17) is 4.74 Å². The molecule has 0 bridgehead atoms. The van der Waals surface area contributed by atoms with E-state index in [0.717, 1.165) is 16.8 Å². The minimum absolute atomic E-state index is 0.0866. The van der Waals surface area contributed by atoms with Gasteiger partial charge in [0.2, 0.25) is 0 Å². The molecule has 1 unspecified atom stereocenters. The maximum Gasteiger partial charge on any atom is 0.127 e. The molecule has 0 aliphatic heterocycles. The Kier molecular flexibility index (Phi) is 6.40. The molecule has 2 nitrogen and oxygen atoms in total. The highest BCUT2D eigenvalue weighted by molar-refractivity contribution is 7.99. The van der Waals surface area contributed by atoms with Gasteiger partial charge < -0.3 is 10.1 Å². The molecule has 27 heavy (non-hydrogen) atoms. The van der Waals surface area contributed by atoms with Gasteiger partial charge in [-0.3, -0.25) is 0 Å². The van der Waals surface area contributed by atoms with Crippen LogP contribution in [0.25, 0.3) is 0 Å². The van der Waals surface area contributed by atoms with Gasteiger partial charge in [-0.1, -0.05) is 43.0 Å². The van der Waals surface area contributed by atoms with Gasteiger partial charge in [0.25, 0.3) is 0 Å². The van der Waals surface area contributed by atoms with E-state index in [9.17, 15) is 4.39 Å². The average Bonchev–Trinajstić information content (AvgIpc) is 2.68. The number of rotatable bonds is 7. The van der Waals surface area contributed by atoms with E-state index in [1.54, 1.807) is 17.8 Å². The van der Waals surface area contributed by atoms with Crippen LogP contribution in [0.3, 0.4) is 0 Å². The molecule has 140 valence electrons. The molecule has 0 aliphatic rings. The van der Waals surface area contributed by atoms with Crippen LogP contribution in [0.1, 0.15) is 30.9 Å². The lowest BCUT2D eigenvalue weighted by Gasteiger charge is -2.15. The first-order chi connectivity index (χ1) is 13.1. The predicted octanol–water partition coefficient (Wildman–Crippen LogP) is 6.57. The van der Waals surface area contributed by atoms with Gasteiger partial charge in [-0.2, -0.15) is 0 Å². The highest BCUT2D eigenvalue weighted by Crippen LogP contribution is 2.35. The Balaban J connectivity index is 1.79. The number of anilines is 1. The van der Waals surface area contributed by atoms with E-state index >= 15 is 0 Å². The number of hydrogen-bond acceptors (Lipinski definition) is 3. The summed E-state index contributed by atoms with van der Waals surface area (Å²) in [5.74, 6) is 0.400. The number of ether oxygens (including phenoxy) is 1. The third-order valence-corrected chi connectivity index (χ3v) is 5.55. The third kappa shape index (κ3) is 4.83. The van der Waals surface area contributed by atoms with Crippen LogP contribution < -0.4 is 10.1 Å². The fourth-order valence-electron chi connectivity index (χ4n) is 2.99. The molecule has 0 aromatic heterocycles. The van der Waals surface area contributed by atoms with Crippen LogP contribution in [0.2, 0.25) is 0 Å². The lowest BCUT2D eigenvalue weighted by atomic mass is 9.93. The molecular weight excluding hydrogens is 357 g/mol. The molecule has 1 N–H and O–H groups in total. The topological polar surface area (TPSA) is 21.3 Å².